The third-order valence-electron chi connectivity index (χ3n) is 6.74. The third kappa shape index (κ3) is 4.29. The van der Waals surface area contributed by atoms with E-state index in [-0.39, 0.29) is 51.0 Å². The molecular formula is C22H31Cl2OSi3Zr. The molecule has 0 N–H and O–H groups in total. The second-order valence-electron chi connectivity index (χ2n) is 9.74. The second-order valence-corrected chi connectivity index (χ2v) is 29.0. The normalized spacial score (nSPS) is 19.6. The van der Waals surface area contributed by atoms with Gasteiger partial charge in [-0.05, 0) is 37.2 Å². The number of hydrogen-bond donors (Lipinski definition) is 0. The van der Waals surface area contributed by atoms with Crippen LogP contribution in [0.4, 0.5) is 0 Å². The van der Waals surface area contributed by atoms with Crippen LogP contribution in [0.25, 0.3) is 16.3 Å². The Kier molecular flexibility index (Phi) is 8.45. The summed E-state index contributed by atoms with van der Waals surface area (Å²) >= 11 is 0. The SMILES string of the molecule is CC[Si](C)(C)[Si]1(C)c2[cH-]c3ccc(O[Si](C)(C)C)c(C4=CC=CC4)c3c21.[Cl-].[Cl-].[Zr+3]. The van der Waals surface area contributed by atoms with Gasteiger partial charge in [-0.25, -0.2) is 0 Å². The van der Waals surface area contributed by atoms with Gasteiger partial charge in [-0.3, -0.25) is 0 Å². The Morgan fingerprint density at radius 1 is 1.10 bits per heavy atom. The Balaban J connectivity index is 0.00000140. The van der Waals surface area contributed by atoms with Gasteiger partial charge in [0.25, 0.3) is 0 Å². The second kappa shape index (κ2) is 8.99. The fourth-order valence-electron chi connectivity index (χ4n) is 4.57. The van der Waals surface area contributed by atoms with Crippen molar-refractivity contribution in [1.29, 1.82) is 0 Å². The molecule has 0 bridgehead atoms. The Morgan fingerprint density at radius 2 is 1.76 bits per heavy atom. The Labute approximate surface area is 210 Å². The van der Waals surface area contributed by atoms with E-state index in [1.807, 2.05) is 0 Å². The van der Waals surface area contributed by atoms with E-state index in [1.54, 1.807) is 15.8 Å². The van der Waals surface area contributed by atoms with Gasteiger partial charge in [0.2, 0.25) is 8.32 Å². The molecule has 1 atom stereocenters. The minimum absolute atomic E-state index is 0. The number of benzene rings is 1. The average Bonchev–Trinajstić information content (AvgIpc) is 2.97. The van der Waals surface area contributed by atoms with Gasteiger partial charge < -0.3 is 29.2 Å². The van der Waals surface area contributed by atoms with Crippen molar-refractivity contribution >= 4 is 50.2 Å². The molecule has 0 amide bonds. The van der Waals surface area contributed by atoms with E-state index in [0.29, 0.717) is 0 Å². The summed E-state index contributed by atoms with van der Waals surface area (Å²) in [6, 6.07) is 8.45. The molecule has 2 aliphatic rings. The van der Waals surface area contributed by atoms with Crippen LogP contribution in [-0.4, -0.2) is 23.5 Å². The molecule has 7 heteroatoms. The molecule has 0 saturated heterocycles. The topological polar surface area (TPSA) is 9.23 Å². The summed E-state index contributed by atoms with van der Waals surface area (Å²) in [6.45, 7) is 17.1. The van der Waals surface area contributed by atoms with Crippen LogP contribution >= 0.6 is 0 Å². The van der Waals surface area contributed by atoms with E-state index in [4.69, 9.17) is 4.43 Å². The maximum atomic E-state index is 6.58. The summed E-state index contributed by atoms with van der Waals surface area (Å²) in [6.07, 6.45) is 7.81. The van der Waals surface area contributed by atoms with E-state index >= 15 is 0 Å². The molecule has 0 aromatic heterocycles. The largest absolute Gasteiger partial charge is 3.00 e. The van der Waals surface area contributed by atoms with Crippen molar-refractivity contribution in [2.24, 2.45) is 0 Å². The van der Waals surface area contributed by atoms with Gasteiger partial charge in [0.15, 0.2) is 0 Å². The van der Waals surface area contributed by atoms with Gasteiger partial charge in [0, 0.05) is 15.2 Å². The number of fused-ring (bicyclic) bond motifs is 3. The zero-order valence-electron chi connectivity index (χ0n) is 18.5. The van der Waals surface area contributed by atoms with E-state index in [9.17, 15) is 0 Å². The van der Waals surface area contributed by atoms with Crippen molar-refractivity contribution in [1.82, 2.24) is 0 Å². The number of rotatable bonds is 5. The molecule has 0 saturated carbocycles. The summed E-state index contributed by atoms with van der Waals surface area (Å²) in [4.78, 5) is 0. The molecule has 1 radical (unpaired) electrons. The molecule has 1 heterocycles. The fraction of sp³-hybridized carbons (Fsp3) is 0.409. The minimum Gasteiger partial charge on any atom is -1.00 e. The maximum Gasteiger partial charge on any atom is 3.00 e. The van der Waals surface area contributed by atoms with Crippen LogP contribution in [0.2, 0.25) is 45.3 Å². The molecule has 155 valence electrons. The minimum atomic E-state index is -1.65. The average molecular weight is 558 g/mol. The molecule has 4 rings (SSSR count). The maximum absolute atomic E-state index is 6.58. The van der Waals surface area contributed by atoms with Crippen LogP contribution < -0.4 is 39.6 Å². The van der Waals surface area contributed by atoms with Crippen molar-refractivity contribution in [2.75, 3.05) is 0 Å². The number of hydrogen-bond acceptors (Lipinski definition) is 1. The van der Waals surface area contributed by atoms with Crippen molar-refractivity contribution in [3.63, 3.8) is 0 Å². The number of allylic oxidation sites excluding steroid dienone is 4. The van der Waals surface area contributed by atoms with E-state index in [0.717, 1.165) is 12.2 Å². The monoisotopic (exact) mass is 555 g/mol. The van der Waals surface area contributed by atoms with Gasteiger partial charge in [-0.2, -0.15) is 10.4 Å². The Hall–Kier alpha value is 0.224. The first-order chi connectivity index (χ1) is 12.1. The van der Waals surface area contributed by atoms with E-state index < -0.39 is 23.5 Å². The fourth-order valence-corrected chi connectivity index (χ4v) is 18.2. The van der Waals surface area contributed by atoms with Crippen molar-refractivity contribution in [3.8, 4) is 5.75 Å². The smallest absolute Gasteiger partial charge is 1.00 e. The summed E-state index contributed by atoms with van der Waals surface area (Å²) in [5.74, 6) is 1.12. The predicted octanol–water partition coefficient (Wildman–Crippen LogP) is -0.566. The van der Waals surface area contributed by atoms with E-state index in [1.165, 1.54) is 22.6 Å². The molecular weight excluding hydrogens is 527 g/mol. The molecule has 0 spiro atoms. The van der Waals surface area contributed by atoms with Crippen LogP contribution in [0.1, 0.15) is 18.9 Å². The first-order valence-electron chi connectivity index (χ1n) is 9.92. The van der Waals surface area contributed by atoms with Gasteiger partial charge in [0.1, 0.15) is 0 Å². The van der Waals surface area contributed by atoms with Gasteiger partial charge in [-0.15, -0.1) is 22.9 Å². The molecule has 0 fully saturated rings. The first-order valence-corrected chi connectivity index (χ1v) is 20.0. The summed E-state index contributed by atoms with van der Waals surface area (Å²) in [5.41, 5.74) is 2.85. The molecule has 2 aromatic carbocycles. The third-order valence-corrected chi connectivity index (χ3v) is 25.5. The van der Waals surface area contributed by atoms with Crippen molar-refractivity contribution in [3.05, 3.63) is 42.0 Å². The van der Waals surface area contributed by atoms with Gasteiger partial charge >= 0.3 is 26.2 Å². The van der Waals surface area contributed by atoms with Crippen LogP contribution in [0.3, 0.4) is 0 Å². The molecule has 29 heavy (non-hydrogen) atoms. The summed E-state index contributed by atoms with van der Waals surface area (Å²) in [5, 5.41) is 6.51. The van der Waals surface area contributed by atoms with Crippen LogP contribution in [0.5, 0.6) is 5.75 Å². The molecule has 1 unspecified atom stereocenters. The quantitative estimate of drug-likeness (QED) is 0.354. The Bertz CT molecular complexity index is 973. The van der Waals surface area contributed by atoms with Crippen LogP contribution in [0, 0.1) is 0 Å². The molecule has 1 aliphatic heterocycles. The van der Waals surface area contributed by atoms with E-state index in [2.05, 4.69) is 82.6 Å². The zero-order valence-corrected chi connectivity index (χ0v) is 25.5. The van der Waals surface area contributed by atoms with Gasteiger partial charge in [0.05, 0.1) is 5.75 Å². The molecule has 1 nitrogen and oxygen atoms in total. The molecule has 1 aliphatic carbocycles. The van der Waals surface area contributed by atoms with Crippen molar-refractivity contribution < 1.29 is 55.4 Å². The standard InChI is InChI=1S/C22H31OSi3.2ClH.Zr/c1-8-25(5,6)26(7)19-15-17-13-14-18(23-24(2,3)4)20(21(17)22(19)26)16-11-9-10-12-16;;;/h9-11,13-15H,8,12H2,1-7H3;2*1H;/q-1;;;+3/p-2. The first kappa shape index (κ1) is 27.3. The predicted molar refractivity (Wildman–Crippen MR) is 124 cm³/mol. The van der Waals surface area contributed by atoms with Crippen LogP contribution in [0.15, 0.2) is 36.4 Å². The summed E-state index contributed by atoms with van der Waals surface area (Å²) in [7, 11) is -4.22. The van der Waals surface area contributed by atoms with Crippen molar-refractivity contribution in [2.45, 2.75) is 58.7 Å². The van der Waals surface area contributed by atoms with Crippen LogP contribution in [-0.2, 0) is 26.2 Å². The van der Waals surface area contributed by atoms with Gasteiger partial charge in [-0.1, -0.05) is 56.9 Å². The summed E-state index contributed by atoms with van der Waals surface area (Å²) < 4.78 is 6.58. The number of halogens is 2. The zero-order chi connectivity index (χ0) is 18.9. The molecule has 2 aromatic rings. The Morgan fingerprint density at radius 3 is 2.28 bits per heavy atom.